The van der Waals surface area contributed by atoms with Crippen LogP contribution in [0.1, 0.15) is 11.4 Å². The first-order valence-corrected chi connectivity index (χ1v) is 6.03. The van der Waals surface area contributed by atoms with E-state index in [1.54, 1.807) is 6.07 Å². The number of aromatic nitrogens is 2. The van der Waals surface area contributed by atoms with Gasteiger partial charge in [-0.3, -0.25) is 4.79 Å². The molecule has 0 aliphatic heterocycles. The van der Waals surface area contributed by atoms with E-state index in [1.165, 1.54) is 23.0 Å². The summed E-state index contributed by atoms with van der Waals surface area (Å²) in [5.41, 5.74) is 0.283. The Labute approximate surface area is 124 Å². The molecule has 1 heterocycles. The first-order valence-electron chi connectivity index (χ1n) is 5.65. The maximum atomic E-state index is 13.0. The third-order valence-corrected chi connectivity index (χ3v) is 2.86. The minimum Gasteiger partial charge on any atom is -0.324 e. The van der Waals surface area contributed by atoms with Gasteiger partial charge in [-0.25, -0.2) is 9.37 Å². The summed E-state index contributed by atoms with van der Waals surface area (Å²) < 4.78 is 14.2. The predicted molar refractivity (Wildman–Crippen MR) is 71.7 cm³/mol. The summed E-state index contributed by atoms with van der Waals surface area (Å²) in [5, 5.41) is 20.1. The molecule has 0 aliphatic rings. The quantitative estimate of drug-likeness (QED) is 0.939. The highest BCUT2D eigenvalue weighted by Gasteiger charge is 2.13. The number of nitrogens with zero attached hydrogens (tertiary/aromatic N) is 4. The van der Waals surface area contributed by atoms with Crippen LogP contribution in [-0.4, -0.2) is 15.5 Å². The van der Waals surface area contributed by atoms with Crippen molar-refractivity contribution in [1.29, 1.82) is 10.5 Å². The molecule has 0 fully saturated rings. The van der Waals surface area contributed by atoms with Crippen molar-refractivity contribution in [1.82, 2.24) is 9.55 Å². The van der Waals surface area contributed by atoms with Gasteiger partial charge in [0.25, 0.3) is 0 Å². The van der Waals surface area contributed by atoms with Gasteiger partial charge in [-0.05, 0) is 18.2 Å². The van der Waals surface area contributed by atoms with Crippen molar-refractivity contribution in [3.8, 4) is 12.1 Å². The number of nitrogens with one attached hydrogen (secondary N) is 1. The van der Waals surface area contributed by atoms with Crippen LogP contribution in [0.25, 0.3) is 0 Å². The number of anilines is 1. The predicted octanol–water partition coefficient (Wildman–Crippen LogP) is 2.06. The number of imidazole rings is 1. The molecule has 1 N–H and O–H groups in total. The van der Waals surface area contributed by atoms with Crippen molar-refractivity contribution in [2.24, 2.45) is 0 Å². The summed E-state index contributed by atoms with van der Waals surface area (Å²) in [6.45, 7) is -0.202. The Kier molecular flexibility index (Phi) is 4.17. The maximum Gasteiger partial charge on any atom is 0.244 e. The molecule has 2 aromatic rings. The fourth-order valence-corrected chi connectivity index (χ4v) is 1.81. The average molecular weight is 304 g/mol. The lowest BCUT2D eigenvalue weighted by Crippen LogP contribution is -2.19. The van der Waals surface area contributed by atoms with E-state index in [9.17, 15) is 9.18 Å². The van der Waals surface area contributed by atoms with Gasteiger partial charge in [-0.15, -0.1) is 0 Å². The van der Waals surface area contributed by atoms with Crippen LogP contribution in [-0.2, 0) is 11.3 Å². The number of carbonyl (C=O) groups excluding carboxylic acids is 1. The monoisotopic (exact) mass is 303 g/mol. The lowest BCUT2D eigenvalue weighted by molar-refractivity contribution is -0.116. The van der Waals surface area contributed by atoms with E-state index in [2.05, 4.69) is 10.3 Å². The second-order valence-corrected chi connectivity index (χ2v) is 4.38. The van der Waals surface area contributed by atoms with Crippen LogP contribution in [0.5, 0.6) is 0 Å². The third kappa shape index (κ3) is 3.16. The van der Waals surface area contributed by atoms with Gasteiger partial charge in [0.1, 0.15) is 24.5 Å². The largest absolute Gasteiger partial charge is 0.324 e. The zero-order chi connectivity index (χ0) is 15.4. The summed E-state index contributed by atoms with van der Waals surface area (Å²) in [6.07, 6.45) is 1.23. The molecule has 104 valence electrons. The molecule has 0 bridgehead atoms. The van der Waals surface area contributed by atoms with Crippen LogP contribution in [0.4, 0.5) is 10.1 Å². The Bertz CT molecular complexity index is 787. The molecule has 6 nitrogen and oxygen atoms in total. The lowest BCUT2D eigenvalue weighted by Gasteiger charge is -2.07. The first-order chi connectivity index (χ1) is 10.0. The molecule has 0 radical (unpaired) electrons. The van der Waals surface area contributed by atoms with Gasteiger partial charge < -0.3 is 9.88 Å². The molecule has 0 saturated heterocycles. The molecule has 0 saturated carbocycles. The number of rotatable bonds is 3. The minimum absolute atomic E-state index is 0.00443. The van der Waals surface area contributed by atoms with Crippen molar-refractivity contribution >= 4 is 23.2 Å². The van der Waals surface area contributed by atoms with E-state index in [0.717, 1.165) is 6.07 Å². The van der Waals surface area contributed by atoms with Crippen LogP contribution in [0, 0.1) is 28.5 Å². The van der Waals surface area contributed by atoms with Gasteiger partial charge in [0.15, 0.2) is 11.4 Å². The summed E-state index contributed by atoms with van der Waals surface area (Å²) in [5.74, 6) is -1.05. The fraction of sp³-hybridized carbons (Fsp3) is 0.0769. The average Bonchev–Trinajstić information content (AvgIpc) is 2.84. The van der Waals surface area contributed by atoms with Crippen molar-refractivity contribution < 1.29 is 9.18 Å². The Hall–Kier alpha value is -2.90. The van der Waals surface area contributed by atoms with Gasteiger partial charge in [-0.2, -0.15) is 10.5 Å². The molecular weight excluding hydrogens is 297 g/mol. The number of nitriles is 2. The van der Waals surface area contributed by atoms with Crippen LogP contribution in [0.15, 0.2) is 24.5 Å². The summed E-state index contributed by atoms with van der Waals surface area (Å²) in [7, 11) is 0. The topological polar surface area (TPSA) is 94.5 Å². The van der Waals surface area contributed by atoms with Gasteiger partial charge in [0.2, 0.25) is 5.91 Å². The van der Waals surface area contributed by atoms with Crippen molar-refractivity contribution in [3.63, 3.8) is 0 Å². The molecular formula is C13H7ClFN5O. The third-order valence-electron chi connectivity index (χ3n) is 2.57. The van der Waals surface area contributed by atoms with Gasteiger partial charge >= 0.3 is 0 Å². The van der Waals surface area contributed by atoms with Gasteiger partial charge in [0.05, 0.1) is 11.3 Å². The first kappa shape index (κ1) is 14.5. The number of amides is 1. The number of hydrogen-bond acceptors (Lipinski definition) is 4. The fourth-order valence-electron chi connectivity index (χ4n) is 1.63. The smallest absolute Gasteiger partial charge is 0.244 e. The van der Waals surface area contributed by atoms with Crippen LogP contribution < -0.4 is 5.32 Å². The highest BCUT2D eigenvalue weighted by atomic mass is 35.5. The standard InChI is InChI=1S/C13H7ClFN5O/c14-9-3-8(1-2-10(9)15)19-13(21)6-20-7-18-11(4-16)12(20)5-17/h1-3,7H,6H2,(H,19,21). The molecule has 0 unspecified atom stereocenters. The highest BCUT2D eigenvalue weighted by Crippen LogP contribution is 2.19. The highest BCUT2D eigenvalue weighted by molar-refractivity contribution is 6.31. The lowest BCUT2D eigenvalue weighted by atomic mass is 10.3. The number of halogens is 2. The Morgan fingerprint density at radius 1 is 1.43 bits per heavy atom. The van der Waals surface area contributed by atoms with Crippen LogP contribution in [0.3, 0.4) is 0 Å². The molecule has 1 amide bonds. The molecule has 21 heavy (non-hydrogen) atoms. The summed E-state index contributed by atoms with van der Waals surface area (Å²) >= 11 is 5.61. The van der Waals surface area contributed by atoms with E-state index < -0.39 is 11.7 Å². The molecule has 8 heteroatoms. The molecule has 1 aromatic carbocycles. The molecule has 0 atom stereocenters. The Balaban J connectivity index is 2.12. The van der Waals surface area contributed by atoms with Crippen LogP contribution in [0.2, 0.25) is 5.02 Å². The number of benzene rings is 1. The normalized spacial score (nSPS) is 9.71. The molecule has 0 spiro atoms. The second-order valence-electron chi connectivity index (χ2n) is 3.97. The van der Waals surface area contributed by atoms with Gasteiger partial charge in [-0.1, -0.05) is 11.6 Å². The summed E-state index contributed by atoms with van der Waals surface area (Å²) in [6, 6.07) is 7.33. The van der Waals surface area contributed by atoms with Crippen molar-refractivity contribution in [2.75, 3.05) is 5.32 Å². The Morgan fingerprint density at radius 2 is 2.19 bits per heavy atom. The maximum absolute atomic E-state index is 13.0. The van der Waals surface area contributed by atoms with E-state index in [4.69, 9.17) is 22.1 Å². The van der Waals surface area contributed by atoms with E-state index >= 15 is 0 Å². The zero-order valence-corrected chi connectivity index (χ0v) is 11.2. The van der Waals surface area contributed by atoms with E-state index in [1.807, 2.05) is 6.07 Å². The summed E-state index contributed by atoms with van der Waals surface area (Å²) in [4.78, 5) is 15.6. The van der Waals surface area contributed by atoms with Crippen molar-refractivity contribution in [3.05, 3.63) is 46.8 Å². The molecule has 0 aliphatic carbocycles. The van der Waals surface area contributed by atoms with Crippen molar-refractivity contribution in [2.45, 2.75) is 6.54 Å². The Morgan fingerprint density at radius 3 is 2.81 bits per heavy atom. The SMILES string of the molecule is N#Cc1ncn(CC(=O)Nc2ccc(F)c(Cl)c2)c1C#N. The number of hydrogen-bond donors (Lipinski definition) is 1. The molecule has 1 aromatic heterocycles. The minimum atomic E-state index is -0.588. The van der Waals surface area contributed by atoms with Crippen LogP contribution >= 0.6 is 11.6 Å². The second kappa shape index (κ2) is 6.04. The number of carbonyl (C=O) groups is 1. The van der Waals surface area contributed by atoms with Gasteiger partial charge in [0, 0.05) is 5.69 Å². The molecule has 2 rings (SSSR count). The van der Waals surface area contributed by atoms with E-state index in [0.29, 0.717) is 5.69 Å². The van der Waals surface area contributed by atoms with E-state index in [-0.39, 0.29) is 23.0 Å². The zero-order valence-electron chi connectivity index (χ0n) is 10.5.